The minimum Gasteiger partial charge on any atom is -0.358 e. The van der Waals surface area contributed by atoms with Crippen LogP contribution in [0.5, 0.6) is 0 Å². The quantitative estimate of drug-likeness (QED) is 0.243. The summed E-state index contributed by atoms with van der Waals surface area (Å²) in [6.07, 6.45) is 8.51. The molecule has 2 aromatic heterocycles. The Morgan fingerprint density at radius 2 is 1.24 bits per heavy atom. The second-order valence-corrected chi connectivity index (χ2v) is 10.9. The predicted molar refractivity (Wildman–Crippen MR) is 175 cm³/mol. The number of hydrogen-bond acceptors (Lipinski definition) is 3. The van der Waals surface area contributed by atoms with Crippen molar-refractivity contribution >= 4 is 44.1 Å². The van der Waals surface area contributed by atoms with Crippen molar-refractivity contribution in [2.75, 3.05) is 10.2 Å². The Hall–Kier alpha value is -5.61. The molecule has 0 bridgehead atoms. The number of fused-ring (bicyclic) bond motifs is 8. The molecule has 4 heteroatoms. The van der Waals surface area contributed by atoms with Crippen LogP contribution in [0.1, 0.15) is 0 Å². The second-order valence-electron chi connectivity index (χ2n) is 10.9. The smallest absolute Gasteiger partial charge is 0.159 e. The van der Waals surface area contributed by atoms with Gasteiger partial charge in [0.25, 0.3) is 0 Å². The van der Waals surface area contributed by atoms with Crippen LogP contribution in [0.25, 0.3) is 60.6 Å². The number of aromatic nitrogens is 2. The Balaban J connectivity index is 1.14. The first-order valence-corrected chi connectivity index (χ1v) is 14.4. The Bertz CT molecular complexity index is 2180. The number of benzene rings is 5. The molecule has 0 spiro atoms. The van der Waals surface area contributed by atoms with E-state index in [0.717, 1.165) is 33.8 Å². The summed E-state index contributed by atoms with van der Waals surface area (Å²) < 4.78 is 2.36. The number of allylic oxidation sites excluding steroid dienone is 2. The standard InChI is InChI=1S/C38H26N4/c1-2-15-32-31(14-1)36(40-38-37(32)39-35-18-7-8-23-41(35)38)27-11-9-10-26(24-27)25-19-21-28(22-20-25)42-33-16-5-3-12-29(33)30-13-4-6-17-34(30)42/h1-24,35,39H. The van der Waals surface area contributed by atoms with Crippen molar-refractivity contribution in [2.45, 2.75) is 6.17 Å². The van der Waals surface area contributed by atoms with Gasteiger partial charge in [0, 0.05) is 39.0 Å². The average molecular weight is 539 g/mol. The van der Waals surface area contributed by atoms with E-state index >= 15 is 0 Å². The molecule has 5 aromatic carbocycles. The molecule has 0 amide bonds. The Kier molecular flexibility index (Phi) is 4.93. The van der Waals surface area contributed by atoms with E-state index in [9.17, 15) is 0 Å². The monoisotopic (exact) mass is 538 g/mol. The molecule has 9 rings (SSSR count). The molecule has 1 atom stereocenters. The van der Waals surface area contributed by atoms with Crippen molar-refractivity contribution < 1.29 is 0 Å². The van der Waals surface area contributed by atoms with Gasteiger partial charge in [-0.3, -0.25) is 0 Å². The summed E-state index contributed by atoms with van der Waals surface area (Å²) in [6, 6.07) is 43.5. The Morgan fingerprint density at radius 3 is 2.00 bits per heavy atom. The van der Waals surface area contributed by atoms with Gasteiger partial charge in [-0.1, -0.05) is 97.1 Å². The molecule has 2 aliphatic heterocycles. The number of rotatable bonds is 3. The van der Waals surface area contributed by atoms with Gasteiger partial charge < -0.3 is 14.8 Å². The van der Waals surface area contributed by atoms with Gasteiger partial charge in [-0.05, 0) is 53.6 Å². The maximum absolute atomic E-state index is 5.25. The van der Waals surface area contributed by atoms with Crippen LogP contribution in [0.4, 0.5) is 11.5 Å². The van der Waals surface area contributed by atoms with Crippen molar-refractivity contribution in [1.82, 2.24) is 9.55 Å². The minimum absolute atomic E-state index is 0.0931. The first-order valence-electron chi connectivity index (χ1n) is 14.4. The lowest BCUT2D eigenvalue weighted by atomic mass is 9.98. The Morgan fingerprint density at radius 1 is 0.571 bits per heavy atom. The zero-order chi connectivity index (χ0) is 27.6. The van der Waals surface area contributed by atoms with Crippen molar-refractivity contribution in [3.63, 3.8) is 0 Å². The largest absolute Gasteiger partial charge is 0.358 e. The molecule has 1 unspecified atom stereocenters. The van der Waals surface area contributed by atoms with Crippen LogP contribution in [-0.2, 0) is 0 Å². The summed E-state index contributed by atoms with van der Waals surface area (Å²) in [5.41, 5.74) is 9.15. The summed E-state index contributed by atoms with van der Waals surface area (Å²) in [6.45, 7) is 0. The van der Waals surface area contributed by atoms with E-state index in [1.807, 2.05) is 0 Å². The average Bonchev–Trinajstić information content (AvgIpc) is 3.61. The minimum atomic E-state index is 0.0931. The lowest BCUT2D eigenvalue weighted by molar-refractivity contribution is 0.896. The Labute approximate surface area is 243 Å². The first-order chi connectivity index (χ1) is 20.8. The van der Waals surface area contributed by atoms with Gasteiger partial charge >= 0.3 is 0 Å². The van der Waals surface area contributed by atoms with Crippen molar-refractivity contribution in [1.29, 1.82) is 0 Å². The summed E-state index contributed by atoms with van der Waals surface area (Å²) in [7, 11) is 0. The van der Waals surface area contributed by atoms with Crippen LogP contribution >= 0.6 is 0 Å². The third-order valence-corrected chi connectivity index (χ3v) is 8.56. The number of hydrogen-bond donors (Lipinski definition) is 1. The van der Waals surface area contributed by atoms with Crippen LogP contribution in [0.3, 0.4) is 0 Å². The van der Waals surface area contributed by atoms with E-state index < -0.39 is 0 Å². The van der Waals surface area contributed by atoms with E-state index in [0.29, 0.717) is 0 Å². The molecule has 1 N–H and O–H groups in total. The van der Waals surface area contributed by atoms with Crippen LogP contribution in [0, 0.1) is 0 Å². The van der Waals surface area contributed by atoms with Crippen molar-refractivity contribution in [3.05, 3.63) is 146 Å². The van der Waals surface area contributed by atoms with E-state index in [2.05, 4.69) is 161 Å². The van der Waals surface area contributed by atoms with Gasteiger partial charge in [0.05, 0.1) is 22.4 Å². The predicted octanol–water partition coefficient (Wildman–Crippen LogP) is 9.31. The highest BCUT2D eigenvalue weighted by molar-refractivity contribution is 6.09. The molecule has 4 heterocycles. The molecule has 42 heavy (non-hydrogen) atoms. The molecule has 0 radical (unpaired) electrons. The van der Waals surface area contributed by atoms with E-state index in [4.69, 9.17) is 4.98 Å². The lowest BCUT2D eigenvalue weighted by Gasteiger charge is -2.21. The van der Waals surface area contributed by atoms with Gasteiger partial charge in [0.1, 0.15) is 6.17 Å². The van der Waals surface area contributed by atoms with Crippen LogP contribution < -0.4 is 10.2 Å². The van der Waals surface area contributed by atoms with E-state index in [1.165, 1.54) is 38.3 Å². The number of nitrogens with zero attached hydrogens (tertiary/aromatic N) is 3. The number of nitrogens with one attached hydrogen (secondary N) is 1. The van der Waals surface area contributed by atoms with E-state index in [1.54, 1.807) is 0 Å². The fourth-order valence-electron chi connectivity index (χ4n) is 6.61. The molecule has 2 aliphatic rings. The summed E-state index contributed by atoms with van der Waals surface area (Å²) in [5.74, 6) is 0.968. The van der Waals surface area contributed by atoms with E-state index in [-0.39, 0.29) is 6.17 Å². The maximum atomic E-state index is 5.25. The van der Waals surface area contributed by atoms with Crippen LogP contribution in [0.15, 0.2) is 146 Å². The molecule has 198 valence electrons. The van der Waals surface area contributed by atoms with Gasteiger partial charge in [-0.15, -0.1) is 0 Å². The summed E-state index contributed by atoms with van der Waals surface area (Å²) in [4.78, 5) is 7.46. The number of para-hydroxylation sites is 2. The fourth-order valence-corrected chi connectivity index (χ4v) is 6.61. The van der Waals surface area contributed by atoms with Gasteiger partial charge in [-0.25, -0.2) is 4.98 Å². The highest BCUT2D eigenvalue weighted by Crippen LogP contribution is 2.44. The third-order valence-electron chi connectivity index (χ3n) is 8.56. The number of anilines is 2. The topological polar surface area (TPSA) is 33.1 Å². The summed E-state index contributed by atoms with van der Waals surface area (Å²) >= 11 is 0. The highest BCUT2D eigenvalue weighted by Gasteiger charge is 2.30. The van der Waals surface area contributed by atoms with Crippen molar-refractivity contribution in [3.8, 4) is 28.1 Å². The van der Waals surface area contributed by atoms with Gasteiger partial charge in [0.2, 0.25) is 0 Å². The molecule has 7 aromatic rings. The molecule has 0 saturated heterocycles. The SMILES string of the molecule is C1=CC2Nc3c(nc(-c4cccc(-c5ccc(-n6c7ccccc7c7ccccc76)cc5)c4)c4ccccc34)N2C=C1. The normalized spacial score (nSPS) is 15.3. The number of pyridine rings is 1. The fraction of sp³-hybridized carbons (Fsp3) is 0.0263. The second kappa shape index (κ2) is 8.95. The third kappa shape index (κ3) is 3.39. The lowest BCUT2D eigenvalue weighted by Crippen LogP contribution is -2.30. The summed E-state index contributed by atoms with van der Waals surface area (Å²) in [5, 5.41) is 8.54. The molecule has 0 saturated carbocycles. The highest BCUT2D eigenvalue weighted by atomic mass is 15.4. The van der Waals surface area contributed by atoms with Gasteiger partial charge in [-0.2, -0.15) is 0 Å². The maximum Gasteiger partial charge on any atom is 0.159 e. The first kappa shape index (κ1) is 23.1. The molecule has 4 nitrogen and oxygen atoms in total. The zero-order valence-corrected chi connectivity index (χ0v) is 22.8. The zero-order valence-electron chi connectivity index (χ0n) is 22.8. The molecular formula is C38H26N4. The van der Waals surface area contributed by atoms with Crippen LogP contribution in [-0.4, -0.2) is 15.7 Å². The molecular weight excluding hydrogens is 512 g/mol. The molecule has 0 fully saturated rings. The van der Waals surface area contributed by atoms with Crippen LogP contribution in [0.2, 0.25) is 0 Å². The van der Waals surface area contributed by atoms with Gasteiger partial charge in [0.15, 0.2) is 5.82 Å². The molecule has 0 aliphatic carbocycles. The van der Waals surface area contributed by atoms with Crippen molar-refractivity contribution in [2.24, 2.45) is 0 Å².